The van der Waals surface area contributed by atoms with Crippen LogP contribution in [0.1, 0.15) is 24.8 Å². The third-order valence-corrected chi connectivity index (χ3v) is 5.03. The van der Waals surface area contributed by atoms with Crippen LogP contribution in [0, 0.1) is 5.92 Å². The van der Waals surface area contributed by atoms with Crippen LogP contribution in [0.15, 0.2) is 12.1 Å². The van der Waals surface area contributed by atoms with Crippen LogP contribution in [-0.4, -0.2) is 23.9 Å². The van der Waals surface area contributed by atoms with Crippen molar-refractivity contribution in [1.82, 2.24) is 5.32 Å². The van der Waals surface area contributed by atoms with Crippen molar-refractivity contribution in [3.05, 3.63) is 22.7 Å². The Morgan fingerprint density at radius 3 is 2.90 bits per heavy atom. The monoisotopic (exact) mass is 305 g/mol. The Morgan fingerprint density at radius 2 is 2.19 bits per heavy atom. The number of fused-ring (bicyclic) bond motifs is 3. The zero-order valence-corrected chi connectivity index (χ0v) is 12.2. The molecule has 3 atom stereocenters. The number of hydrogen-bond donors (Lipinski definition) is 3. The lowest BCUT2D eigenvalue weighted by atomic mass is 9.88. The minimum Gasteiger partial charge on any atom is -0.325 e. The van der Waals surface area contributed by atoms with E-state index in [0.29, 0.717) is 29.2 Å². The highest BCUT2D eigenvalue weighted by atomic mass is 35.5. The second-order valence-electron chi connectivity index (χ2n) is 6.09. The molecule has 1 aromatic rings. The molecular weight excluding hydrogens is 290 g/mol. The van der Waals surface area contributed by atoms with Crippen molar-refractivity contribution < 1.29 is 9.59 Å². The van der Waals surface area contributed by atoms with Crippen molar-refractivity contribution in [2.24, 2.45) is 5.92 Å². The molecule has 0 saturated carbocycles. The summed E-state index contributed by atoms with van der Waals surface area (Å²) in [7, 11) is 0. The van der Waals surface area contributed by atoms with E-state index in [0.717, 1.165) is 24.1 Å². The van der Waals surface area contributed by atoms with Gasteiger partial charge in [-0.25, -0.2) is 0 Å². The number of hydrogen-bond acceptors (Lipinski definition) is 3. The summed E-state index contributed by atoms with van der Waals surface area (Å²) in [5.74, 6) is 0.00325. The lowest BCUT2D eigenvalue weighted by Crippen LogP contribution is -2.32. The van der Waals surface area contributed by atoms with Gasteiger partial charge in [-0.3, -0.25) is 9.59 Å². The van der Waals surface area contributed by atoms with Crippen LogP contribution in [-0.2, 0) is 16.0 Å². The Morgan fingerprint density at radius 1 is 1.33 bits per heavy atom. The molecule has 110 valence electrons. The average Bonchev–Trinajstić information content (AvgIpc) is 3.13. The molecule has 3 heterocycles. The fraction of sp³-hybridized carbons (Fsp3) is 0.467. The Balaban J connectivity index is 1.53. The smallest absolute Gasteiger partial charge is 0.229 e. The van der Waals surface area contributed by atoms with E-state index in [1.807, 2.05) is 0 Å². The van der Waals surface area contributed by atoms with Gasteiger partial charge in [0, 0.05) is 17.8 Å². The highest BCUT2D eigenvalue weighted by Crippen LogP contribution is 2.36. The highest BCUT2D eigenvalue weighted by Gasteiger charge is 2.42. The van der Waals surface area contributed by atoms with Gasteiger partial charge >= 0.3 is 0 Å². The van der Waals surface area contributed by atoms with Gasteiger partial charge < -0.3 is 16.0 Å². The van der Waals surface area contributed by atoms with E-state index in [1.54, 1.807) is 12.1 Å². The van der Waals surface area contributed by atoms with E-state index in [-0.39, 0.29) is 17.7 Å². The van der Waals surface area contributed by atoms with Crippen molar-refractivity contribution in [3.8, 4) is 0 Å². The van der Waals surface area contributed by atoms with Crippen molar-refractivity contribution in [3.63, 3.8) is 0 Å². The molecule has 6 heteroatoms. The third kappa shape index (κ3) is 2.21. The summed E-state index contributed by atoms with van der Waals surface area (Å²) < 4.78 is 0. The molecule has 5 nitrogen and oxygen atoms in total. The molecule has 3 aliphatic rings. The Kier molecular flexibility index (Phi) is 2.94. The summed E-state index contributed by atoms with van der Waals surface area (Å²) in [5.41, 5.74) is 2.22. The van der Waals surface area contributed by atoms with Gasteiger partial charge in [0.25, 0.3) is 0 Å². The van der Waals surface area contributed by atoms with Crippen molar-refractivity contribution >= 4 is 34.8 Å². The molecule has 2 amide bonds. The van der Waals surface area contributed by atoms with E-state index < -0.39 is 0 Å². The van der Waals surface area contributed by atoms with Crippen LogP contribution in [0.25, 0.3) is 0 Å². The Hall–Kier alpha value is -1.59. The third-order valence-electron chi connectivity index (χ3n) is 4.71. The van der Waals surface area contributed by atoms with Crippen LogP contribution in [0.2, 0.25) is 5.02 Å². The standard InChI is InChI=1S/C15H16ClN3O2/c16-10-6-12-7(4-14(20)18-12)3-13(10)19-15(21)9-5-8-1-2-11(9)17-8/h3,6,8-9,11,17H,1-2,4-5H2,(H,18,20)(H,19,21). The average molecular weight is 306 g/mol. The van der Waals surface area contributed by atoms with Crippen molar-refractivity contribution in [2.45, 2.75) is 37.8 Å². The normalized spacial score (nSPS) is 29.4. The maximum absolute atomic E-state index is 12.4. The number of nitrogens with one attached hydrogen (secondary N) is 3. The number of carbonyl (C=O) groups is 2. The predicted molar refractivity (Wildman–Crippen MR) is 80.5 cm³/mol. The van der Waals surface area contributed by atoms with Crippen molar-refractivity contribution in [2.75, 3.05) is 10.6 Å². The van der Waals surface area contributed by atoms with Gasteiger partial charge in [-0.2, -0.15) is 0 Å². The molecule has 0 radical (unpaired) electrons. The van der Waals surface area contributed by atoms with Gasteiger partial charge in [0.1, 0.15) is 0 Å². The largest absolute Gasteiger partial charge is 0.325 e. The van der Waals surface area contributed by atoms with Crippen LogP contribution in [0.3, 0.4) is 0 Å². The van der Waals surface area contributed by atoms with Crippen LogP contribution < -0.4 is 16.0 Å². The molecule has 21 heavy (non-hydrogen) atoms. The fourth-order valence-corrected chi connectivity index (χ4v) is 3.89. The van der Waals surface area contributed by atoms with Crippen LogP contribution in [0.5, 0.6) is 0 Å². The van der Waals surface area contributed by atoms with Gasteiger partial charge in [-0.05, 0) is 37.0 Å². The first-order valence-corrected chi connectivity index (χ1v) is 7.67. The van der Waals surface area contributed by atoms with Gasteiger partial charge in [0.2, 0.25) is 11.8 Å². The topological polar surface area (TPSA) is 70.2 Å². The minimum atomic E-state index is -0.0400. The summed E-state index contributed by atoms with van der Waals surface area (Å²) >= 11 is 6.20. The SMILES string of the molecule is O=C1Cc2cc(NC(=O)C3CC4CCC3N4)c(Cl)cc2N1. The number of halogens is 1. The van der Waals surface area contributed by atoms with E-state index in [2.05, 4.69) is 16.0 Å². The number of anilines is 2. The predicted octanol–water partition coefficient (Wildman–Crippen LogP) is 1.91. The van der Waals surface area contributed by atoms with E-state index in [4.69, 9.17) is 11.6 Å². The Labute approximate surface area is 127 Å². The van der Waals surface area contributed by atoms with Gasteiger partial charge in [-0.15, -0.1) is 0 Å². The number of amides is 2. The molecule has 2 bridgehead atoms. The molecule has 2 fully saturated rings. The number of benzene rings is 1. The molecule has 4 rings (SSSR count). The summed E-state index contributed by atoms with van der Waals surface area (Å²) in [5, 5.41) is 9.60. The maximum atomic E-state index is 12.4. The zero-order chi connectivity index (χ0) is 14.6. The first kappa shape index (κ1) is 13.1. The molecule has 2 saturated heterocycles. The van der Waals surface area contributed by atoms with Crippen molar-refractivity contribution in [1.29, 1.82) is 0 Å². The molecule has 3 N–H and O–H groups in total. The maximum Gasteiger partial charge on any atom is 0.229 e. The lowest BCUT2D eigenvalue weighted by molar-refractivity contribution is -0.120. The summed E-state index contributed by atoms with van der Waals surface area (Å²) in [6.45, 7) is 0. The molecule has 0 aromatic heterocycles. The quantitative estimate of drug-likeness (QED) is 0.782. The first-order valence-electron chi connectivity index (χ1n) is 7.29. The van der Waals surface area contributed by atoms with Crippen LogP contribution in [0.4, 0.5) is 11.4 Å². The molecule has 0 spiro atoms. The summed E-state index contributed by atoms with van der Waals surface area (Å²) in [4.78, 5) is 23.8. The molecule has 0 aliphatic carbocycles. The summed E-state index contributed by atoms with van der Waals surface area (Å²) in [6.07, 6.45) is 3.48. The molecular formula is C15H16ClN3O2. The number of rotatable bonds is 2. The van der Waals surface area contributed by atoms with E-state index in [1.165, 1.54) is 6.42 Å². The summed E-state index contributed by atoms with van der Waals surface area (Å²) in [6, 6.07) is 4.29. The second-order valence-corrected chi connectivity index (χ2v) is 6.50. The van der Waals surface area contributed by atoms with Crippen LogP contribution >= 0.6 is 11.6 Å². The zero-order valence-electron chi connectivity index (χ0n) is 11.4. The minimum absolute atomic E-state index is 0.0211. The molecule has 3 unspecified atom stereocenters. The Bertz CT molecular complexity index is 646. The second kappa shape index (κ2) is 4.71. The fourth-order valence-electron chi connectivity index (χ4n) is 3.68. The first-order chi connectivity index (χ1) is 10.1. The lowest BCUT2D eigenvalue weighted by Gasteiger charge is -2.20. The van der Waals surface area contributed by atoms with Gasteiger partial charge in [-0.1, -0.05) is 11.6 Å². The number of carbonyl (C=O) groups excluding carboxylic acids is 2. The van der Waals surface area contributed by atoms with E-state index >= 15 is 0 Å². The molecule has 3 aliphatic heterocycles. The highest BCUT2D eigenvalue weighted by molar-refractivity contribution is 6.34. The van der Waals surface area contributed by atoms with E-state index in [9.17, 15) is 9.59 Å². The molecule has 1 aromatic carbocycles. The van der Waals surface area contributed by atoms with Gasteiger partial charge in [0.05, 0.1) is 23.0 Å². The van der Waals surface area contributed by atoms with Gasteiger partial charge in [0.15, 0.2) is 0 Å².